The maximum absolute atomic E-state index is 5.62. The average Bonchev–Trinajstić information content (AvgIpc) is 2.98. The van der Waals surface area contributed by atoms with Gasteiger partial charge >= 0.3 is 0 Å². The molecule has 2 aromatic rings. The van der Waals surface area contributed by atoms with Crippen LogP contribution in [-0.2, 0) is 4.74 Å². The number of nitrogens with zero attached hydrogens (tertiary/aromatic N) is 3. The normalized spacial score (nSPS) is 20.4. The van der Waals surface area contributed by atoms with Gasteiger partial charge in [-0.1, -0.05) is 0 Å². The van der Waals surface area contributed by atoms with Gasteiger partial charge < -0.3 is 9.72 Å². The largest absolute Gasteiger partial charge is 0.378 e. The second kappa shape index (κ2) is 5.73. The van der Waals surface area contributed by atoms with Crippen LogP contribution in [0, 0.1) is 0 Å². The van der Waals surface area contributed by atoms with Gasteiger partial charge in [-0.15, -0.1) is 0 Å². The minimum absolute atomic E-state index is 0.203. The summed E-state index contributed by atoms with van der Waals surface area (Å²) >= 11 is 0. The minimum atomic E-state index is 0.203. The van der Waals surface area contributed by atoms with E-state index in [1.807, 2.05) is 24.5 Å². The molecular weight excluding hydrogens is 252 g/mol. The van der Waals surface area contributed by atoms with E-state index in [1.165, 1.54) is 0 Å². The van der Waals surface area contributed by atoms with E-state index in [-0.39, 0.29) is 6.04 Å². The highest BCUT2D eigenvalue weighted by Crippen LogP contribution is 2.26. The Morgan fingerprint density at radius 3 is 3.05 bits per heavy atom. The molecule has 1 atom stereocenters. The van der Waals surface area contributed by atoms with Crippen molar-refractivity contribution in [2.75, 3.05) is 19.8 Å². The average molecular weight is 272 g/mol. The van der Waals surface area contributed by atoms with E-state index in [1.54, 1.807) is 6.20 Å². The van der Waals surface area contributed by atoms with Crippen LogP contribution in [0.5, 0.6) is 0 Å². The number of aromatic nitrogens is 3. The molecule has 1 N–H and O–H groups in total. The lowest BCUT2D eigenvalue weighted by molar-refractivity contribution is -0.0262. The van der Waals surface area contributed by atoms with Gasteiger partial charge in [-0.25, -0.2) is 4.98 Å². The third-order valence-corrected chi connectivity index (χ3v) is 3.72. The summed E-state index contributed by atoms with van der Waals surface area (Å²) in [6.07, 6.45) is 5.49. The SMILES string of the molecule is CC(C)N1CCOC[C@H]1c1ncc(-c2cccnc2)[nH]1. The van der Waals surface area contributed by atoms with Gasteiger partial charge in [-0.3, -0.25) is 9.88 Å². The van der Waals surface area contributed by atoms with Gasteiger partial charge in [-0.2, -0.15) is 0 Å². The zero-order chi connectivity index (χ0) is 13.9. The fraction of sp³-hybridized carbons (Fsp3) is 0.467. The van der Waals surface area contributed by atoms with Gasteiger partial charge in [0.1, 0.15) is 5.82 Å². The highest BCUT2D eigenvalue weighted by molar-refractivity contribution is 5.56. The first-order valence-electron chi connectivity index (χ1n) is 7.04. The lowest BCUT2D eigenvalue weighted by Gasteiger charge is -2.37. The van der Waals surface area contributed by atoms with Crippen molar-refractivity contribution < 1.29 is 4.74 Å². The predicted octanol–water partition coefficient (Wildman–Crippen LogP) is 2.25. The second-order valence-corrected chi connectivity index (χ2v) is 5.35. The van der Waals surface area contributed by atoms with Crippen LogP contribution in [0.2, 0.25) is 0 Å². The number of pyridine rings is 1. The molecule has 0 saturated carbocycles. The molecule has 20 heavy (non-hydrogen) atoms. The van der Waals surface area contributed by atoms with Crippen molar-refractivity contribution in [3.63, 3.8) is 0 Å². The Balaban J connectivity index is 1.85. The molecule has 0 amide bonds. The number of aromatic amines is 1. The van der Waals surface area contributed by atoms with Crippen molar-refractivity contribution in [3.05, 3.63) is 36.5 Å². The van der Waals surface area contributed by atoms with E-state index in [0.29, 0.717) is 12.6 Å². The maximum Gasteiger partial charge on any atom is 0.126 e. The van der Waals surface area contributed by atoms with Crippen molar-refractivity contribution >= 4 is 0 Å². The first kappa shape index (κ1) is 13.3. The smallest absolute Gasteiger partial charge is 0.126 e. The van der Waals surface area contributed by atoms with Gasteiger partial charge in [-0.05, 0) is 26.0 Å². The summed E-state index contributed by atoms with van der Waals surface area (Å²) in [6, 6.07) is 4.65. The Morgan fingerprint density at radius 1 is 1.40 bits per heavy atom. The molecule has 0 aromatic carbocycles. The summed E-state index contributed by atoms with van der Waals surface area (Å²) in [4.78, 5) is 14.5. The van der Waals surface area contributed by atoms with Crippen molar-refractivity contribution in [1.82, 2.24) is 19.9 Å². The molecule has 0 aliphatic carbocycles. The van der Waals surface area contributed by atoms with Crippen LogP contribution in [0.4, 0.5) is 0 Å². The molecule has 0 bridgehead atoms. The van der Waals surface area contributed by atoms with Crippen LogP contribution in [0.1, 0.15) is 25.7 Å². The first-order valence-corrected chi connectivity index (χ1v) is 7.04. The summed E-state index contributed by atoms with van der Waals surface area (Å²) in [6.45, 7) is 6.86. The lowest BCUT2D eigenvalue weighted by Crippen LogP contribution is -2.43. The molecule has 1 aliphatic heterocycles. The van der Waals surface area contributed by atoms with Gasteiger partial charge in [0.25, 0.3) is 0 Å². The second-order valence-electron chi connectivity index (χ2n) is 5.35. The minimum Gasteiger partial charge on any atom is -0.378 e. The molecule has 2 aromatic heterocycles. The van der Waals surface area contributed by atoms with Crippen molar-refractivity contribution in [1.29, 1.82) is 0 Å². The third-order valence-electron chi connectivity index (χ3n) is 3.72. The van der Waals surface area contributed by atoms with E-state index in [2.05, 4.69) is 33.7 Å². The van der Waals surface area contributed by atoms with E-state index >= 15 is 0 Å². The van der Waals surface area contributed by atoms with Gasteiger partial charge in [0.05, 0.1) is 31.1 Å². The molecule has 106 valence electrons. The van der Waals surface area contributed by atoms with Crippen LogP contribution in [-0.4, -0.2) is 45.7 Å². The Bertz CT molecular complexity index is 552. The molecule has 0 radical (unpaired) electrons. The van der Waals surface area contributed by atoms with Crippen LogP contribution in [0.3, 0.4) is 0 Å². The van der Waals surface area contributed by atoms with Crippen LogP contribution in [0.15, 0.2) is 30.7 Å². The Hall–Kier alpha value is -1.72. The van der Waals surface area contributed by atoms with Crippen LogP contribution < -0.4 is 0 Å². The molecule has 5 heteroatoms. The molecule has 1 fully saturated rings. The van der Waals surface area contributed by atoms with E-state index < -0.39 is 0 Å². The fourth-order valence-corrected chi connectivity index (χ4v) is 2.65. The Kier molecular flexibility index (Phi) is 3.80. The fourth-order valence-electron chi connectivity index (χ4n) is 2.65. The Labute approximate surface area is 119 Å². The predicted molar refractivity (Wildman–Crippen MR) is 77.2 cm³/mol. The van der Waals surface area contributed by atoms with Crippen LogP contribution in [0.25, 0.3) is 11.3 Å². The van der Waals surface area contributed by atoms with E-state index in [9.17, 15) is 0 Å². The summed E-state index contributed by atoms with van der Waals surface area (Å²) in [5, 5.41) is 0. The van der Waals surface area contributed by atoms with Gasteiger partial charge in [0.2, 0.25) is 0 Å². The summed E-state index contributed by atoms with van der Waals surface area (Å²) in [5.74, 6) is 0.970. The first-order chi connectivity index (χ1) is 9.75. The molecule has 1 saturated heterocycles. The highest BCUT2D eigenvalue weighted by Gasteiger charge is 2.28. The summed E-state index contributed by atoms with van der Waals surface area (Å²) in [5.41, 5.74) is 2.06. The van der Waals surface area contributed by atoms with E-state index in [0.717, 1.165) is 30.2 Å². The molecule has 1 aliphatic rings. The van der Waals surface area contributed by atoms with Crippen LogP contribution >= 0.6 is 0 Å². The standard InChI is InChI=1S/C15H20N4O/c1-11(2)19-6-7-20-10-14(19)15-17-9-13(18-15)12-4-3-5-16-8-12/h3-5,8-9,11,14H,6-7,10H2,1-2H3,(H,17,18)/t14-/m0/s1. The summed E-state index contributed by atoms with van der Waals surface area (Å²) in [7, 11) is 0. The molecule has 0 unspecified atom stereocenters. The molecule has 3 rings (SSSR count). The zero-order valence-corrected chi connectivity index (χ0v) is 11.9. The number of hydrogen-bond acceptors (Lipinski definition) is 4. The third kappa shape index (κ3) is 2.59. The number of H-pyrrole nitrogens is 1. The molecular formula is C15H20N4O. The number of hydrogen-bond donors (Lipinski definition) is 1. The lowest BCUT2D eigenvalue weighted by atomic mass is 10.1. The topological polar surface area (TPSA) is 54.0 Å². The monoisotopic (exact) mass is 272 g/mol. The number of rotatable bonds is 3. The Morgan fingerprint density at radius 2 is 2.30 bits per heavy atom. The highest BCUT2D eigenvalue weighted by atomic mass is 16.5. The van der Waals surface area contributed by atoms with Crippen molar-refractivity contribution in [2.45, 2.75) is 25.9 Å². The van der Waals surface area contributed by atoms with Crippen molar-refractivity contribution in [3.8, 4) is 11.3 Å². The number of morpholine rings is 1. The zero-order valence-electron chi connectivity index (χ0n) is 11.9. The number of ether oxygens (including phenoxy) is 1. The number of nitrogens with one attached hydrogen (secondary N) is 1. The number of imidazole rings is 1. The van der Waals surface area contributed by atoms with Gasteiger partial charge in [0.15, 0.2) is 0 Å². The van der Waals surface area contributed by atoms with Gasteiger partial charge in [0, 0.05) is 30.5 Å². The quantitative estimate of drug-likeness (QED) is 0.931. The molecule has 5 nitrogen and oxygen atoms in total. The maximum atomic E-state index is 5.62. The van der Waals surface area contributed by atoms with Crippen molar-refractivity contribution in [2.24, 2.45) is 0 Å². The molecule has 0 spiro atoms. The summed E-state index contributed by atoms with van der Waals surface area (Å²) < 4.78 is 5.62. The van der Waals surface area contributed by atoms with E-state index in [4.69, 9.17) is 4.74 Å². The molecule has 3 heterocycles.